The molecule has 0 aliphatic rings. The van der Waals surface area contributed by atoms with E-state index in [9.17, 15) is 26.7 Å². The molecule has 2 heterocycles. The maximum atomic E-state index is 12.5. The quantitative estimate of drug-likeness (QED) is 0.523. The molecule has 0 bridgehead atoms. The van der Waals surface area contributed by atoms with Gasteiger partial charge in [0.15, 0.2) is 0 Å². The molecule has 26 heavy (non-hydrogen) atoms. The van der Waals surface area contributed by atoms with Crippen LogP contribution in [0.25, 0.3) is 21.9 Å². The van der Waals surface area contributed by atoms with Gasteiger partial charge in [0.2, 0.25) is 0 Å². The molecule has 0 saturated carbocycles. The van der Waals surface area contributed by atoms with E-state index < -0.39 is 27.2 Å². The summed E-state index contributed by atoms with van der Waals surface area (Å²) in [4.78, 5) is 7.26. The first-order valence-corrected chi connectivity index (χ1v) is 8.50. The lowest BCUT2D eigenvalue weighted by Gasteiger charge is -2.17. The predicted octanol–water partition coefficient (Wildman–Crippen LogP) is 1.37. The van der Waals surface area contributed by atoms with E-state index in [-0.39, 0.29) is 12.1 Å². The van der Waals surface area contributed by atoms with E-state index in [0.717, 1.165) is 6.20 Å². The van der Waals surface area contributed by atoms with Crippen LogP contribution in [0.4, 0.5) is 13.2 Å². The number of hydrogen-bond donors (Lipinski definition) is 1. The molecule has 13 heteroatoms. The van der Waals surface area contributed by atoms with Gasteiger partial charge in [-0.05, 0) is 26.0 Å². The van der Waals surface area contributed by atoms with Gasteiger partial charge in [0.05, 0.1) is 12.1 Å². The van der Waals surface area contributed by atoms with Crippen molar-refractivity contribution in [3.05, 3.63) is 18.3 Å². The van der Waals surface area contributed by atoms with Gasteiger partial charge < -0.3 is 9.29 Å². The molecule has 1 N–H and O–H groups in total. The molecule has 2 aromatic heterocycles. The van der Waals surface area contributed by atoms with Gasteiger partial charge in [-0.25, -0.2) is 9.67 Å². The van der Waals surface area contributed by atoms with Crippen LogP contribution in [0.1, 0.15) is 13.8 Å². The fourth-order valence-corrected chi connectivity index (χ4v) is 2.57. The van der Waals surface area contributed by atoms with E-state index in [1.807, 2.05) is 0 Å². The lowest BCUT2D eigenvalue weighted by molar-refractivity contribution is -0.0502. The van der Waals surface area contributed by atoms with E-state index in [1.165, 1.54) is 18.5 Å². The summed E-state index contributed by atoms with van der Waals surface area (Å²) < 4.78 is 64.9. The highest BCUT2D eigenvalue weighted by atomic mass is 32.2. The summed E-state index contributed by atoms with van der Waals surface area (Å²) >= 11 is 0. The normalized spacial score (nSPS) is 13.5. The summed E-state index contributed by atoms with van der Waals surface area (Å²) in [5, 5.41) is 18.1. The van der Waals surface area contributed by atoms with Crippen LogP contribution in [-0.2, 0) is 16.7 Å². The summed E-state index contributed by atoms with van der Waals surface area (Å²) in [5.41, 5.74) is -6.04. The summed E-state index contributed by atoms with van der Waals surface area (Å²) in [5.74, 6) is 0. The highest BCUT2D eigenvalue weighted by molar-refractivity contribution is 7.87. The smallest absolute Gasteiger partial charge is 0.389 e. The average Bonchev–Trinajstić information content (AvgIpc) is 2.87. The van der Waals surface area contributed by atoms with Crippen molar-refractivity contribution >= 4 is 32.1 Å². The average molecular weight is 391 g/mol. The molecule has 140 valence electrons. The van der Waals surface area contributed by atoms with Crippen molar-refractivity contribution in [2.24, 2.45) is 0 Å². The number of nitrogens with zero attached hydrogens (tertiary/aromatic N) is 5. The van der Waals surface area contributed by atoms with Crippen molar-refractivity contribution in [3.8, 4) is 6.01 Å². The zero-order valence-corrected chi connectivity index (χ0v) is 14.2. The van der Waals surface area contributed by atoms with Crippen LogP contribution in [0.5, 0.6) is 6.01 Å². The molecular formula is C13H12F3N5O4S. The van der Waals surface area contributed by atoms with Gasteiger partial charge in [-0.1, -0.05) is 5.21 Å². The number of rotatable bonds is 4. The van der Waals surface area contributed by atoms with Gasteiger partial charge in [0.25, 0.3) is 0 Å². The van der Waals surface area contributed by atoms with Gasteiger partial charge in [0.1, 0.15) is 16.6 Å². The van der Waals surface area contributed by atoms with E-state index in [2.05, 4.69) is 24.5 Å². The number of aliphatic hydroxyl groups is 1. The monoisotopic (exact) mass is 391 g/mol. The van der Waals surface area contributed by atoms with Crippen molar-refractivity contribution in [1.82, 2.24) is 25.0 Å². The van der Waals surface area contributed by atoms with Gasteiger partial charge >= 0.3 is 21.6 Å². The van der Waals surface area contributed by atoms with Crippen LogP contribution in [0, 0.1) is 0 Å². The molecule has 1 aromatic carbocycles. The molecule has 0 aliphatic carbocycles. The van der Waals surface area contributed by atoms with Gasteiger partial charge in [-0.2, -0.15) is 26.6 Å². The number of benzene rings is 1. The van der Waals surface area contributed by atoms with E-state index in [4.69, 9.17) is 0 Å². The molecule has 9 nitrogen and oxygen atoms in total. The number of halogens is 3. The zero-order chi connectivity index (χ0) is 19.3. The Labute approximate surface area is 144 Å². The van der Waals surface area contributed by atoms with Crippen molar-refractivity contribution in [2.45, 2.75) is 31.5 Å². The van der Waals surface area contributed by atoms with Crippen LogP contribution in [0.15, 0.2) is 18.3 Å². The highest BCUT2D eigenvalue weighted by Gasteiger charge is 2.49. The second-order valence-electron chi connectivity index (χ2n) is 6.07. The Morgan fingerprint density at radius 2 is 1.96 bits per heavy atom. The SMILES string of the molecule is CC(C)(O)Cn1nnc2ccc3cnc(OS(=O)(=O)C(F)(F)F)nc3c21. The molecule has 0 fully saturated rings. The Bertz CT molecular complexity index is 1090. The largest absolute Gasteiger partial charge is 0.534 e. The number of aromatic nitrogens is 5. The Hall–Kier alpha value is -2.54. The summed E-state index contributed by atoms with van der Waals surface area (Å²) in [7, 11) is -5.90. The van der Waals surface area contributed by atoms with Gasteiger partial charge in [-0.3, -0.25) is 0 Å². The maximum Gasteiger partial charge on any atom is 0.534 e. The molecule has 3 aromatic rings. The first-order valence-electron chi connectivity index (χ1n) is 7.09. The first-order chi connectivity index (χ1) is 11.9. The van der Waals surface area contributed by atoms with Gasteiger partial charge in [-0.15, -0.1) is 5.10 Å². The Morgan fingerprint density at radius 1 is 1.27 bits per heavy atom. The summed E-state index contributed by atoms with van der Waals surface area (Å²) in [6.07, 6.45) is 1.12. The molecule has 0 saturated heterocycles. The van der Waals surface area contributed by atoms with E-state index in [1.54, 1.807) is 12.1 Å². The van der Waals surface area contributed by atoms with Crippen molar-refractivity contribution in [2.75, 3.05) is 0 Å². The fourth-order valence-electron chi connectivity index (χ4n) is 2.20. The lowest BCUT2D eigenvalue weighted by atomic mass is 10.1. The molecule has 0 aliphatic heterocycles. The molecule has 0 unspecified atom stereocenters. The van der Waals surface area contributed by atoms with Crippen LogP contribution in [0.3, 0.4) is 0 Å². The number of hydrogen-bond acceptors (Lipinski definition) is 8. The minimum absolute atomic E-state index is 0.0175. The standard InChI is InChI=1S/C13H12F3N5O4S/c1-12(2,22)6-21-10-8(19-20-21)4-3-7-5-17-11(18-9(7)10)25-26(23,24)13(14,15)16/h3-5,22H,6H2,1-2H3. The van der Waals surface area contributed by atoms with Gasteiger partial charge in [0, 0.05) is 11.6 Å². The van der Waals surface area contributed by atoms with Crippen LogP contribution < -0.4 is 4.18 Å². The first kappa shape index (κ1) is 18.3. The third-order valence-corrected chi connectivity index (χ3v) is 4.14. The second-order valence-corrected chi connectivity index (χ2v) is 7.60. The molecule has 0 spiro atoms. The van der Waals surface area contributed by atoms with Crippen LogP contribution in [-0.4, -0.2) is 49.6 Å². The molecular weight excluding hydrogens is 379 g/mol. The van der Waals surface area contributed by atoms with Crippen LogP contribution >= 0.6 is 0 Å². The van der Waals surface area contributed by atoms with Crippen LogP contribution in [0.2, 0.25) is 0 Å². The minimum Gasteiger partial charge on any atom is -0.389 e. The Morgan fingerprint density at radius 3 is 2.58 bits per heavy atom. The Balaban J connectivity index is 2.16. The zero-order valence-electron chi connectivity index (χ0n) is 13.4. The lowest BCUT2D eigenvalue weighted by Crippen LogP contribution is -2.28. The molecule has 0 radical (unpaired) electrons. The third-order valence-electron chi connectivity index (χ3n) is 3.21. The minimum atomic E-state index is -5.90. The predicted molar refractivity (Wildman–Crippen MR) is 82.5 cm³/mol. The summed E-state index contributed by atoms with van der Waals surface area (Å²) in [6.45, 7) is 3.08. The molecule has 0 atom stereocenters. The Kier molecular flexibility index (Phi) is 4.03. The van der Waals surface area contributed by atoms with Crippen molar-refractivity contribution in [1.29, 1.82) is 0 Å². The topological polar surface area (TPSA) is 120 Å². The van der Waals surface area contributed by atoms with E-state index >= 15 is 0 Å². The second kappa shape index (κ2) is 5.74. The molecule has 0 amide bonds. The highest BCUT2D eigenvalue weighted by Crippen LogP contribution is 2.28. The maximum absolute atomic E-state index is 12.5. The third kappa shape index (κ3) is 3.39. The van der Waals surface area contributed by atoms with E-state index in [0.29, 0.717) is 16.4 Å². The van der Waals surface area contributed by atoms with Crippen molar-refractivity contribution in [3.63, 3.8) is 0 Å². The fraction of sp³-hybridized carbons (Fsp3) is 0.385. The number of alkyl halides is 3. The summed E-state index contributed by atoms with van der Waals surface area (Å²) in [6, 6.07) is 2.14. The van der Waals surface area contributed by atoms with Crippen molar-refractivity contribution < 1.29 is 30.9 Å². The molecule has 3 rings (SSSR count). The number of fused-ring (bicyclic) bond motifs is 3.